The van der Waals surface area contributed by atoms with Gasteiger partial charge in [-0.3, -0.25) is 4.79 Å². The van der Waals surface area contributed by atoms with E-state index in [0.717, 1.165) is 20.3 Å². The first-order valence-corrected chi connectivity index (χ1v) is 10.2. The van der Waals surface area contributed by atoms with E-state index in [2.05, 4.69) is 20.9 Å². The van der Waals surface area contributed by atoms with Crippen LogP contribution < -0.4 is 14.3 Å². The highest BCUT2D eigenvalue weighted by Crippen LogP contribution is 2.32. The van der Waals surface area contributed by atoms with Crippen molar-refractivity contribution in [2.45, 2.75) is 6.54 Å². The molecule has 0 N–H and O–H groups in total. The number of ether oxygens (including phenoxy) is 3. The lowest BCUT2D eigenvalue weighted by molar-refractivity contribution is -0.113. The largest absolute Gasteiger partial charge is 0.454 e. The van der Waals surface area contributed by atoms with Crippen molar-refractivity contribution in [3.05, 3.63) is 57.3 Å². The van der Waals surface area contributed by atoms with Crippen LogP contribution in [0.15, 0.2) is 51.9 Å². The predicted molar refractivity (Wildman–Crippen MR) is 112 cm³/mol. The molecule has 0 atom stereocenters. The number of rotatable bonds is 5. The number of halogens is 1. The second-order valence-electron chi connectivity index (χ2n) is 6.04. The van der Waals surface area contributed by atoms with Gasteiger partial charge >= 0.3 is 0 Å². The van der Waals surface area contributed by atoms with Gasteiger partial charge in [0.15, 0.2) is 16.3 Å². The molecule has 4 rings (SSSR count). The number of amides is 1. The minimum absolute atomic E-state index is 0.223. The van der Waals surface area contributed by atoms with Crippen molar-refractivity contribution in [2.75, 3.05) is 20.5 Å². The van der Waals surface area contributed by atoms with E-state index in [4.69, 9.17) is 14.2 Å². The van der Waals surface area contributed by atoms with Gasteiger partial charge in [-0.15, -0.1) is 0 Å². The smallest absolute Gasteiger partial charge is 0.272 e. The maximum atomic E-state index is 12.4. The minimum Gasteiger partial charge on any atom is -0.454 e. The summed E-state index contributed by atoms with van der Waals surface area (Å²) >= 11 is 4.96. The van der Waals surface area contributed by atoms with Gasteiger partial charge in [-0.1, -0.05) is 33.3 Å². The molecule has 0 saturated carbocycles. The molecule has 0 unspecified atom stereocenters. The van der Waals surface area contributed by atoms with Crippen molar-refractivity contribution in [2.24, 2.45) is 4.99 Å². The SMILES string of the molecule is COCCn1c(=NC(=O)/C=C\c2ccc3c(c2)OCO3)sc2cc(Br)ccc21. The standard InChI is InChI=1S/C20H17BrN2O4S/c1-25-9-8-23-15-5-4-14(21)11-18(15)28-20(23)22-19(24)7-3-13-2-6-16-17(10-13)27-12-26-16/h2-7,10-11H,8-9,12H2,1H3/b7-3-,22-20?. The molecule has 8 heteroatoms. The van der Waals surface area contributed by atoms with E-state index >= 15 is 0 Å². The molecule has 3 aromatic rings. The number of nitrogens with zero attached hydrogens (tertiary/aromatic N) is 2. The highest BCUT2D eigenvalue weighted by molar-refractivity contribution is 9.10. The van der Waals surface area contributed by atoms with Crippen molar-refractivity contribution in [1.29, 1.82) is 0 Å². The Morgan fingerprint density at radius 1 is 1.29 bits per heavy atom. The molecule has 1 aromatic heterocycles. The summed E-state index contributed by atoms with van der Waals surface area (Å²) in [7, 11) is 1.65. The summed E-state index contributed by atoms with van der Waals surface area (Å²) in [6.07, 6.45) is 3.18. The lowest BCUT2D eigenvalue weighted by Gasteiger charge is -2.03. The molecule has 0 spiro atoms. The summed E-state index contributed by atoms with van der Waals surface area (Å²) in [5, 5.41) is 0. The second-order valence-corrected chi connectivity index (χ2v) is 7.96. The van der Waals surface area contributed by atoms with Crippen LogP contribution in [0.25, 0.3) is 16.3 Å². The highest BCUT2D eigenvalue weighted by Gasteiger charge is 2.12. The molecular formula is C20H17BrN2O4S. The number of carbonyl (C=O) groups excluding carboxylic acids is 1. The first-order chi connectivity index (χ1) is 13.6. The summed E-state index contributed by atoms with van der Waals surface area (Å²) in [6, 6.07) is 11.5. The molecule has 0 fully saturated rings. The zero-order valence-electron chi connectivity index (χ0n) is 15.1. The Hall–Kier alpha value is -2.42. The molecule has 0 aliphatic carbocycles. The van der Waals surface area contributed by atoms with Crippen LogP contribution in [0.1, 0.15) is 5.56 Å². The number of benzene rings is 2. The third-order valence-corrected chi connectivity index (χ3v) is 5.72. The van der Waals surface area contributed by atoms with E-state index in [0.29, 0.717) is 29.5 Å². The fourth-order valence-corrected chi connectivity index (χ4v) is 4.46. The van der Waals surface area contributed by atoms with Crippen LogP contribution in [0.4, 0.5) is 0 Å². The first kappa shape index (κ1) is 18.9. The first-order valence-electron chi connectivity index (χ1n) is 8.58. The van der Waals surface area contributed by atoms with Gasteiger partial charge in [0, 0.05) is 24.2 Å². The highest BCUT2D eigenvalue weighted by atomic mass is 79.9. The number of hydrogen-bond donors (Lipinski definition) is 0. The molecule has 1 aliphatic rings. The van der Waals surface area contributed by atoms with E-state index in [1.807, 2.05) is 41.0 Å². The number of methoxy groups -OCH3 is 1. The van der Waals surface area contributed by atoms with Gasteiger partial charge in [0.25, 0.3) is 5.91 Å². The van der Waals surface area contributed by atoms with Gasteiger partial charge in [0.05, 0.1) is 16.8 Å². The Kier molecular flexibility index (Phi) is 5.61. The molecule has 28 heavy (non-hydrogen) atoms. The lowest BCUT2D eigenvalue weighted by atomic mass is 10.2. The molecule has 1 amide bonds. The average molecular weight is 461 g/mol. The minimum atomic E-state index is -0.325. The molecule has 0 bridgehead atoms. The Bertz CT molecular complexity index is 1130. The maximum absolute atomic E-state index is 12.4. The maximum Gasteiger partial charge on any atom is 0.272 e. The van der Waals surface area contributed by atoms with Crippen molar-refractivity contribution in [3.63, 3.8) is 0 Å². The summed E-state index contributed by atoms with van der Waals surface area (Å²) < 4.78 is 19.9. The predicted octanol–water partition coefficient (Wildman–Crippen LogP) is 3.98. The summed E-state index contributed by atoms with van der Waals surface area (Å²) in [4.78, 5) is 17.4. The van der Waals surface area contributed by atoms with E-state index in [9.17, 15) is 4.79 Å². The summed E-state index contributed by atoms with van der Waals surface area (Å²) in [6.45, 7) is 1.38. The van der Waals surface area contributed by atoms with Crippen LogP contribution in [0, 0.1) is 0 Å². The van der Waals surface area contributed by atoms with Gasteiger partial charge in [-0.05, 0) is 42.0 Å². The molecule has 1 aliphatic heterocycles. The van der Waals surface area contributed by atoms with Crippen LogP contribution in [-0.2, 0) is 16.1 Å². The van der Waals surface area contributed by atoms with Crippen molar-refractivity contribution in [1.82, 2.24) is 4.57 Å². The lowest BCUT2D eigenvalue weighted by Crippen LogP contribution is -2.18. The zero-order chi connectivity index (χ0) is 19.5. The fourth-order valence-electron chi connectivity index (χ4n) is 2.85. The zero-order valence-corrected chi connectivity index (χ0v) is 17.5. The van der Waals surface area contributed by atoms with Crippen LogP contribution in [0.5, 0.6) is 11.5 Å². The number of carbonyl (C=O) groups is 1. The van der Waals surface area contributed by atoms with Gasteiger partial charge < -0.3 is 18.8 Å². The van der Waals surface area contributed by atoms with E-state index in [1.165, 1.54) is 17.4 Å². The Morgan fingerprint density at radius 3 is 3.00 bits per heavy atom. The summed E-state index contributed by atoms with van der Waals surface area (Å²) in [5.41, 5.74) is 1.87. The number of aromatic nitrogens is 1. The molecule has 0 saturated heterocycles. The average Bonchev–Trinajstić information content (AvgIpc) is 3.28. The normalized spacial score (nSPS) is 13.7. The molecule has 6 nitrogen and oxygen atoms in total. The number of thiazole rings is 1. The Balaban J connectivity index is 1.63. The third kappa shape index (κ3) is 4.04. The molecular weight excluding hydrogens is 444 g/mol. The van der Waals surface area contributed by atoms with Gasteiger partial charge in [-0.2, -0.15) is 4.99 Å². The molecule has 2 heterocycles. The quantitative estimate of drug-likeness (QED) is 0.540. The van der Waals surface area contributed by atoms with Crippen LogP contribution in [-0.4, -0.2) is 31.0 Å². The third-order valence-electron chi connectivity index (χ3n) is 4.18. The van der Waals surface area contributed by atoms with E-state index in [1.54, 1.807) is 13.2 Å². The van der Waals surface area contributed by atoms with Crippen molar-refractivity contribution < 1.29 is 19.0 Å². The fraction of sp³-hybridized carbons (Fsp3) is 0.200. The molecule has 0 radical (unpaired) electrons. The monoisotopic (exact) mass is 460 g/mol. The Labute approximate surface area is 173 Å². The number of hydrogen-bond acceptors (Lipinski definition) is 5. The van der Waals surface area contributed by atoms with E-state index < -0.39 is 0 Å². The van der Waals surface area contributed by atoms with Crippen LogP contribution >= 0.6 is 27.3 Å². The summed E-state index contributed by atoms with van der Waals surface area (Å²) in [5.74, 6) is 1.07. The topological polar surface area (TPSA) is 62.1 Å². The van der Waals surface area contributed by atoms with Gasteiger partial charge in [0.1, 0.15) is 0 Å². The molecule has 2 aromatic carbocycles. The number of fused-ring (bicyclic) bond motifs is 2. The van der Waals surface area contributed by atoms with Crippen molar-refractivity contribution in [3.8, 4) is 11.5 Å². The molecule has 144 valence electrons. The van der Waals surface area contributed by atoms with Crippen LogP contribution in [0.2, 0.25) is 0 Å². The van der Waals surface area contributed by atoms with E-state index in [-0.39, 0.29) is 12.7 Å². The second kappa shape index (κ2) is 8.30. The Morgan fingerprint density at radius 2 is 2.14 bits per heavy atom. The van der Waals surface area contributed by atoms with Gasteiger partial charge in [0.2, 0.25) is 6.79 Å². The van der Waals surface area contributed by atoms with Crippen molar-refractivity contribution >= 4 is 49.5 Å². The van der Waals surface area contributed by atoms with Crippen LogP contribution in [0.3, 0.4) is 0 Å². The van der Waals surface area contributed by atoms with Gasteiger partial charge in [-0.25, -0.2) is 0 Å².